The van der Waals surface area contributed by atoms with Crippen LogP contribution in [0.3, 0.4) is 0 Å². The zero-order valence-electron chi connectivity index (χ0n) is 25.9. The first-order valence-corrected chi connectivity index (χ1v) is 14.2. The van der Waals surface area contributed by atoms with Crippen LogP contribution in [0.15, 0.2) is 42.6 Å². The van der Waals surface area contributed by atoms with Gasteiger partial charge in [-0.3, -0.25) is 14.9 Å². The van der Waals surface area contributed by atoms with E-state index in [1.807, 2.05) is 20.8 Å². The normalized spacial score (nSPS) is 11.1. The largest absolute Gasteiger partial charge is 0.494 e. The number of thiazole rings is 1. The SMILES string of the molecule is COC(C)(C)C.COc1ccc(Nc2cc(Nc3cccc(-c4ncc(CNC=O)s4)c3OC)c(C(=O)NC(O)(O)O)nn2)nn1. The van der Waals surface area contributed by atoms with Gasteiger partial charge in [-0.1, -0.05) is 6.07 Å². The molecule has 0 spiro atoms. The smallest absolute Gasteiger partial charge is 0.369 e. The molecule has 18 heteroatoms. The van der Waals surface area contributed by atoms with Gasteiger partial charge in [-0.15, -0.1) is 31.7 Å². The van der Waals surface area contributed by atoms with E-state index in [9.17, 15) is 24.9 Å². The molecule has 1 aromatic carbocycles. The first kappa shape index (κ1) is 35.5. The van der Waals surface area contributed by atoms with E-state index in [0.29, 0.717) is 46.7 Å². The molecule has 0 unspecified atom stereocenters. The second-order valence-electron chi connectivity index (χ2n) is 10.1. The van der Waals surface area contributed by atoms with E-state index in [1.165, 1.54) is 31.6 Å². The monoisotopic (exact) mass is 657 g/mol. The quantitative estimate of drug-likeness (QED) is 0.0851. The number of amides is 2. The molecular weight excluding hydrogens is 622 g/mol. The van der Waals surface area contributed by atoms with Crippen LogP contribution < -0.4 is 30.7 Å². The van der Waals surface area contributed by atoms with Crippen molar-refractivity contribution in [3.05, 3.63) is 53.2 Å². The van der Waals surface area contributed by atoms with E-state index in [2.05, 4.69) is 41.3 Å². The molecule has 7 N–H and O–H groups in total. The molecule has 0 radical (unpaired) electrons. The molecule has 3 heterocycles. The molecular formula is C28H35N9O8S. The third-order valence-electron chi connectivity index (χ3n) is 5.64. The first-order valence-electron chi connectivity index (χ1n) is 13.4. The fraction of sp³-hybridized carbons (Fsp3) is 0.321. The highest BCUT2D eigenvalue weighted by Gasteiger charge is 2.26. The van der Waals surface area contributed by atoms with Crippen LogP contribution in [0.1, 0.15) is 36.1 Å². The van der Waals surface area contributed by atoms with Gasteiger partial charge >= 0.3 is 6.10 Å². The van der Waals surface area contributed by atoms with Gasteiger partial charge < -0.3 is 45.5 Å². The Hall–Kier alpha value is -5.01. The molecule has 0 aliphatic carbocycles. The van der Waals surface area contributed by atoms with Crippen LogP contribution >= 0.6 is 11.3 Å². The molecule has 2 amide bonds. The van der Waals surface area contributed by atoms with Gasteiger partial charge in [0.15, 0.2) is 23.1 Å². The third kappa shape index (κ3) is 10.6. The Morgan fingerprint density at radius 2 is 1.65 bits per heavy atom. The number of benzene rings is 1. The highest BCUT2D eigenvalue weighted by atomic mass is 32.1. The zero-order chi connectivity index (χ0) is 33.9. The minimum atomic E-state index is -3.50. The second-order valence-corrected chi connectivity index (χ2v) is 11.2. The van der Waals surface area contributed by atoms with Crippen molar-refractivity contribution in [2.75, 3.05) is 32.0 Å². The van der Waals surface area contributed by atoms with E-state index in [-0.39, 0.29) is 17.1 Å². The summed E-state index contributed by atoms with van der Waals surface area (Å²) in [5.74, 6) is -0.0524. The zero-order valence-corrected chi connectivity index (χ0v) is 26.7. The number of aliphatic hydroxyl groups is 3. The van der Waals surface area contributed by atoms with Gasteiger partial charge in [0.05, 0.1) is 43.3 Å². The summed E-state index contributed by atoms with van der Waals surface area (Å²) in [7, 11) is 4.61. The number of para-hydroxylation sites is 1. The average molecular weight is 658 g/mol. The molecule has 4 aromatic rings. The fourth-order valence-electron chi connectivity index (χ4n) is 3.38. The van der Waals surface area contributed by atoms with Gasteiger partial charge in [-0.25, -0.2) is 4.98 Å². The summed E-state index contributed by atoms with van der Waals surface area (Å²) in [6.07, 6.45) is -1.26. The van der Waals surface area contributed by atoms with Gasteiger partial charge in [-0.2, -0.15) is 0 Å². The maximum absolute atomic E-state index is 12.7. The van der Waals surface area contributed by atoms with Gasteiger partial charge in [0.25, 0.3) is 5.91 Å². The van der Waals surface area contributed by atoms with Crippen LogP contribution in [-0.2, 0) is 16.1 Å². The Morgan fingerprint density at radius 1 is 0.935 bits per heavy atom. The van der Waals surface area contributed by atoms with E-state index in [0.717, 1.165) is 4.88 Å². The van der Waals surface area contributed by atoms with Crippen molar-refractivity contribution < 1.29 is 39.1 Å². The number of carbonyl (C=O) groups is 2. The fourth-order valence-corrected chi connectivity index (χ4v) is 4.26. The Labute approximate surface area is 268 Å². The van der Waals surface area contributed by atoms with Crippen molar-refractivity contribution in [1.82, 2.24) is 36.0 Å². The van der Waals surface area contributed by atoms with Crippen molar-refractivity contribution in [3.63, 3.8) is 0 Å². The van der Waals surface area contributed by atoms with Crippen LogP contribution in [0.4, 0.5) is 23.0 Å². The van der Waals surface area contributed by atoms with Gasteiger partial charge in [0, 0.05) is 30.3 Å². The van der Waals surface area contributed by atoms with Gasteiger partial charge in [0.2, 0.25) is 12.3 Å². The summed E-state index contributed by atoms with van der Waals surface area (Å²) in [4.78, 5) is 28.5. The Morgan fingerprint density at radius 3 is 2.24 bits per heavy atom. The molecule has 246 valence electrons. The van der Waals surface area contributed by atoms with Crippen LogP contribution in [0.25, 0.3) is 10.6 Å². The summed E-state index contributed by atoms with van der Waals surface area (Å²) in [6, 6.07) is 9.74. The third-order valence-corrected chi connectivity index (χ3v) is 6.67. The van der Waals surface area contributed by atoms with Crippen molar-refractivity contribution in [2.24, 2.45) is 0 Å². The number of ether oxygens (including phenoxy) is 3. The number of hydrogen-bond donors (Lipinski definition) is 7. The summed E-state index contributed by atoms with van der Waals surface area (Å²) in [5, 5.41) is 54.1. The van der Waals surface area contributed by atoms with Crippen molar-refractivity contribution in [3.8, 4) is 22.2 Å². The molecule has 0 fully saturated rings. The lowest BCUT2D eigenvalue weighted by molar-refractivity contribution is -0.323. The highest BCUT2D eigenvalue weighted by Crippen LogP contribution is 2.40. The molecule has 0 atom stereocenters. The number of aromatic nitrogens is 5. The molecule has 0 aliphatic heterocycles. The molecule has 0 saturated heterocycles. The number of anilines is 4. The van der Waals surface area contributed by atoms with E-state index in [4.69, 9.17) is 14.2 Å². The minimum absolute atomic E-state index is 0.0417. The summed E-state index contributed by atoms with van der Waals surface area (Å²) < 4.78 is 15.6. The highest BCUT2D eigenvalue weighted by molar-refractivity contribution is 7.15. The molecule has 0 bridgehead atoms. The van der Waals surface area contributed by atoms with Crippen molar-refractivity contribution in [1.29, 1.82) is 0 Å². The van der Waals surface area contributed by atoms with Crippen molar-refractivity contribution >= 4 is 46.7 Å². The summed E-state index contributed by atoms with van der Waals surface area (Å²) >= 11 is 1.35. The van der Waals surface area contributed by atoms with Crippen molar-refractivity contribution in [2.45, 2.75) is 39.0 Å². The maximum atomic E-state index is 12.7. The van der Waals surface area contributed by atoms with Crippen LogP contribution in [0.5, 0.6) is 11.6 Å². The average Bonchev–Trinajstić information content (AvgIpc) is 3.48. The number of methoxy groups -OCH3 is 3. The number of rotatable bonds is 12. The van der Waals surface area contributed by atoms with E-state index < -0.39 is 17.7 Å². The molecule has 0 saturated carbocycles. The minimum Gasteiger partial charge on any atom is -0.494 e. The summed E-state index contributed by atoms with van der Waals surface area (Å²) in [6.45, 7) is 6.38. The van der Waals surface area contributed by atoms with Crippen LogP contribution in [-0.4, -0.2) is 86.0 Å². The molecule has 17 nitrogen and oxygen atoms in total. The molecule has 3 aromatic heterocycles. The molecule has 4 rings (SSSR count). The predicted molar refractivity (Wildman–Crippen MR) is 168 cm³/mol. The van der Waals surface area contributed by atoms with E-state index in [1.54, 1.807) is 49.0 Å². The number of nitrogens with zero attached hydrogens (tertiary/aromatic N) is 5. The Bertz CT molecular complexity index is 1610. The topological polar surface area (TPSA) is 235 Å². The second kappa shape index (κ2) is 15.8. The molecule has 46 heavy (non-hydrogen) atoms. The Balaban J connectivity index is 0.000000875. The predicted octanol–water partition coefficient (Wildman–Crippen LogP) is 1.89. The standard InChI is InChI=1S/C23H23N9O7S.C5H12O/c1-38-18-7-6-16(29-31-18)27-17-8-15(19(32-30-17)21(34)28-23(35,36)37)26-14-5-3-4-13(20(14)39-2)22-25-10-12(40-22)9-24-11-33;1-5(2,3)6-4/h3-8,10-11,35-37H,9H2,1-2H3,(H,24,33)(H,28,34)(H2,26,27,29,30);1-4H3. The number of carbonyl (C=O) groups excluding carboxylic acids is 2. The number of hydrogen-bond acceptors (Lipinski definition) is 16. The maximum Gasteiger partial charge on any atom is 0.369 e. The lowest BCUT2D eigenvalue weighted by Crippen LogP contribution is -2.48. The van der Waals surface area contributed by atoms with Crippen LogP contribution in [0.2, 0.25) is 0 Å². The first-order chi connectivity index (χ1) is 21.8. The number of nitrogens with one attached hydrogen (secondary N) is 4. The lowest BCUT2D eigenvalue weighted by atomic mass is 10.1. The van der Waals surface area contributed by atoms with Crippen LogP contribution in [0, 0.1) is 0 Å². The van der Waals surface area contributed by atoms with Gasteiger partial charge in [-0.05, 0) is 39.0 Å². The van der Waals surface area contributed by atoms with E-state index >= 15 is 0 Å². The summed E-state index contributed by atoms with van der Waals surface area (Å²) in [5.41, 5.74) is 0.709. The van der Waals surface area contributed by atoms with Gasteiger partial charge in [0.1, 0.15) is 5.01 Å². The molecule has 0 aliphatic rings. The Kier molecular flexibility index (Phi) is 12.2. The lowest BCUT2D eigenvalue weighted by Gasteiger charge is -2.18.